The van der Waals surface area contributed by atoms with Crippen LogP contribution < -0.4 is 10.6 Å². The molecule has 2 N–H and O–H groups in total. The topological polar surface area (TPSA) is 71.8 Å². The van der Waals surface area contributed by atoms with Gasteiger partial charge in [0.2, 0.25) is 0 Å². The lowest BCUT2D eigenvalue weighted by Gasteiger charge is -2.08. The number of aryl methyl sites for hydroxylation is 2. The third kappa shape index (κ3) is 3.68. The summed E-state index contributed by atoms with van der Waals surface area (Å²) in [6.45, 7) is 9.50. The van der Waals surface area contributed by atoms with Crippen LogP contribution in [0.1, 0.15) is 48.7 Å². The number of hydrogen-bond donors (Lipinski definition) is 2. The molecule has 0 aliphatic heterocycles. The molecule has 0 radical (unpaired) electrons. The molecule has 0 spiro atoms. The van der Waals surface area contributed by atoms with E-state index in [1.54, 1.807) is 10.7 Å². The summed E-state index contributed by atoms with van der Waals surface area (Å²) in [4.78, 5) is 16.7. The highest BCUT2D eigenvalue weighted by molar-refractivity contribution is 7.14. The van der Waals surface area contributed by atoms with E-state index in [1.165, 1.54) is 11.3 Å². The number of carbonyl (C=O) groups is 1. The number of amides is 1. The smallest absolute Gasteiger partial charge is 0.275 e. The summed E-state index contributed by atoms with van der Waals surface area (Å²) in [5, 5.41) is 13.0. The largest absolute Gasteiger partial charge is 0.309 e. The minimum atomic E-state index is -0.172. The summed E-state index contributed by atoms with van der Waals surface area (Å²) < 4.78 is 1.69. The van der Waals surface area contributed by atoms with Gasteiger partial charge in [-0.3, -0.25) is 14.8 Å². The minimum Gasteiger partial charge on any atom is -0.309 e. The van der Waals surface area contributed by atoms with Gasteiger partial charge in [-0.15, -0.1) is 11.3 Å². The van der Waals surface area contributed by atoms with Crippen molar-refractivity contribution >= 4 is 22.4 Å². The third-order valence-electron chi connectivity index (χ3n) is 3.13. The number of carbonyl (C=O) groups excluding carboxylic acids is 1. The highest BCUT2D eigenvalue weighted by Crippen LogP contribution is 2.21. The Morgan fingerprint density at radius 1 is 1.48 bits per heavy atom. The fourth-order valence-corrected chi connectivity index (χ4v) is 2.88. The second-order valence-electron chi connectivity index (χ2n) is 4.80. The van der Waals surface area contributed by atoms with Crippen LogP contribution in [0.3, 0.4) is 0 Å². The third-order valence-corrected chi connectivity index (χ3v) is 3.91. The molecule has 0 saturated carbocycles. The summed E-state index contributed by atoms with van der Waals surface area (Å²) >= 11 is 1.43. The van der Waals surface area contributed by atoms with Crippen molar-refractivity contribution in [2.75, 3.05) is 11.9 Å². The van der Waals surface area contributed by atoms with Crippen LogP contribution in [0.25, 0.3) is 0 Å². The molecule has 6 nitrogen and oxygen atoms in total. The fourth-order valence-electron chi connectivity index (χ4n) is 2.08. The Balaban J connectivity index is 2.09. The first kappa shape index (κ1) is 15.7. The van der Waals surface area contributed by atoms with Crippen molar-refractivity contribution in [2.24, 2.45) is 0 Å². The Labute approximate surface area is 128 Å². The average molecular weight is 307 g/mol. The lowest BCUT2D eigenvalue weighted by atomic mass is 10.3. The van der Waals surface area contributed by atoms with E-state index in [0.29, 0.717) is 17.4 Å². The van der Waals surface area contributed by atoms with Crippen LogP contribution in [0, 0.1) is 6.92 Å². The van der Waals surface area contributed by atoms with E-state index >= 15 is 0 Å². The molecule has 0 aliphatic carbocycles. The Kier molecular flexibility index (Phi) is 5.08. The molecule has 2 aromatic heterocycles. The monoisotopic (exact) mass is 307 g/mol. The van der Waals surface area contributed by atoms with Crippen LogP contribution >= 0.6 is 11.3 Å². The molecule has 2 aromatic rings. The van der Waals surface area contributed by atoms with Gasteiger partial charge in [-0.05, 0) is 33.4 Å². The van der Waals surface area contributed by atoms with Gasteiger partial charge in [-0.2, -0.15) is 5.10 Å². The molecule has 7 heteroatoms. The van der Waals surface area contributed by atoms with Crippen molar-refractivity contribution in [3.63, 3.8) is 0 Å². The summed E-state index contributed by atoms with van der Waals surface area (Å²) in [7, 11) is 0. The predicted molar refractivity (Wildman–Crippen MR) is 84.8 cm³/mol. The zero-order chi connectivity index (χ0) is 15.4. The van der Waals surface area contributed by atoms with Crippen LogP contribution in [0.15, 0.2) is 11.4 Å². The van der Waals surface area contributed by atoms with Crippen molar-refractivity contribution in [1.82, 2.24) is 20.1 Å². The van der Waals surface area contributed by atoms with E-state index in [9.17, 15) is 4.79 Å². The fraction of sp³-hybridized carbons (Fsp3) is 0.500. The van der Waals surface area contributed by atoms with Crippen LogP contribution in [0.4, 0.5) is 5.13 Å². The molecule has 2 rings (SSSR count). The van der Waals surface area contributed by atoms with E-state index in [-0.39, 0.29) is 11.9 Å². The molecule has 1 amide bonds. The van der Waals surface area contributed by atoms with Crippen molar-refractivity contribution in [1.29, 1.82) is 0 Å². The molecule has 0 saturated heterocycles. The van der Waals surface area contributed by atoms with Gasteiger partial charge >= 0.3 is 0 Å². The zero-order valence-electron chi connectivity index (χ0n) is 12.8. The van der Waals surface area contributed by atoms with E-state index in [0.717, 1.165) is 17.9 Å². The van der Waals surface area contributed by atoms with Gasteiger partial charge in [0.25, 0.3) is 5.91 Å². The van der Waals surface area contributed by atoms with Gasteiger partial charge in [0.05, 0.1) is 11.4 Å². The maximum Gasteiger partial charge on any atom is 0.275 e. The lowest BCUT2D eigenvalue weighted by Crippen LogP contribution is -2.19. The molecule has 2 heterocycles. The zero-order valence-corrected chi connectivity index (χ0v) is 13.6. The molecule has 0 aromatic carbocycles. The highest BCUT2D eigenvalue weighted by Gasteiger charge is 2.16. The molecule has 1 atom stereocenters. The molecule has 0 aliphatic rings. The number of nitrogens with zero attached hydrogens (tertiary/aromatic N) is 3. The van der Waals surface area contributed by atoms with Gasteiger partial charge in [0.1, 0.15) is 5.69 Å². The first-order valence-corrected chi connectivity index (χ1v) is 7.97. The van der Waals surface area contributed by atoms with E-state index < -0.39 is 0 Å². The molecular formula is C14H21N5OS. The Hall–Kier alpha value is -1.73. The number of hydrogen-bond acceptors (Lipinski definition) is 5. The van der Waals surface area contributed by atoms with E-state index in [2.05, 4.69) is 34.6 Å². The van der Waals surface area contributed by atoms with Crippen LogP contribution in [0.2, 0.25) is 0 Å². The quantitative estimate of drug-likeness (QED) is 0.860. The maximum atomic E-state index is 12.3. The van der Waals surface area contributed by atoms with Gasteiger partial charge < -0.3 is 5.32 Å². The van der Waals surface area contributed by atoms with Crippen molar-refractivity contribution < 1.29 is 4.79 Å². The van der Waals surface area contributed by atoms with E-state index in [4.69, 9.17) is 0 Å². The minimum absolute atomic E-state index is 0.172. The molecule has 0 fully saturated rings. The van der Waals surface area contributed by atoms with Crippen LogP contribution in [-0.2, 0) is 6.54 Å². The van der Waals surface area contributed by atoms with E-state index in [1.807, 2.05) is 19.2 Å². The second kappa shape index (κ2) is 6.82. The summed E-state index contributed by atoms with van der Waals surface area (Å²) in [5.41, 5.74) is 2.34. The lowest BCUT2D eigenvalue weighted by molar-refractivity contribution is 0.101. The molecule has 1 unspecified atom stereocenters. The summed E-state index contributed by atoms with van der Waals surface area (Å²) in [6, 6.07) is 1.97. The Morgan fingerprint density at radius 2 is 2.24 bits per heavy atom. The van der Waals surface area contributed by atoms with Gasteiger partial charge in [-0.25, -0.2) is 4.98 Å². The number of nitrogens with one attached hydrogen (secondary N) is 2. The first-order chi connectivity index (χ1) is 10.0. The maximum absolute atomic E-state index is 12.3. The molecule has 21 heavy (non-hydrogen) atoms. The standard InChI is InChI=1S/C14H21N5OS/c1-5-15-10(4)11-8-21-14(16-11)17-13(20)12-7-9(3)18-19(12)6-2/h7-8,10,15H,5-6H2,1-4H3,(H,16,17,20). The van der Waals surface area contributed by atoms with Crippen molar-refractivity contribution in [3.8, 4) is 0 Å². The second-order valence-corrected chi connectivity index (χ2v) is 5.66. The van der Waals surface area contributed by atoms with Gasteiger partial charge in [-0.1, -0.05) is 6.92 Å². The SMILES string of the molecule is CCNC(C)c1csc(NC(=O)c2cc(C)nn2CC)n1. The Morgan fingerprint density at radius 3 is 2.90 bits per heavy atom. The summed E-state index contributed by atoms with van der Waals surface area (Å²) in [5.74, 6) is -0.172. The number of thiazole rings is 1. The summed E-state index contributed by atoms with van der Waals surface area (Å²) in [6.07, 6.45) is 0. The predicted octanol–water partition coefficient (Wildman–Crippen LogP) is 2.59. The Bertz CT molecular complexity index is 619. The van der Waals surface area contributed by atoms with Gasteiger partial charge in [0, 0.05) is 18.0 Å². The number of aromatic nitrogens is 3. The molecule has 0 bridgehead atoms. The number of anilines is 1. The highest BCUT2D eigenvalue weighted by atomic mass is 32.1. The average Bonchev–Trinajstić information content (AvgIpc) is 3.05. The first-order valence-electron chi connectivity index (χ1n) is 7.09. The van der Waals surface area contributed by atoms with Crippen LogP contribution in [-0.4, -0.2) is 27.2 Å². The molecule has 114 valence electrons. The normalized spacial score (nSPS) is 12.4. The van der Waals surface area contributed by atoms with Crippen LogP contribution in [0.5, 0.6) is 0 Å². The van der Waals surface area contributed by atoms with Crippen molar-refractivity contribution in [3.05, 3.63) is 28.5 Å². The number of rotatable bonds is 6. The van der Waals surface area contributed by atoms with Gasteiger partial charge in [0.15, 0.2) is 5.13 Å². The molecular weight excluding hydrogens is 286 g/mol. The van der Waals surface area contributed by atoms with Crippen molar-refractivity contribution in [2.45, 2.75) is 40.3 Å².